The predicted molar refractivity (Wildman–Crippen MR) is 209 cm³/mol. The Bertz CT molecular complexity index is 3100. The van der Waals surface area contributed by atoms with Gasteiger partial charge >= 0.3 is 0 Å². The van der Waals surface area contributed by atoms with Crippen LogP contribution in [0.5, 0.6) is 0 Å². The fourth-order valence-corrected chi connectivity index (χ4v) is 8.45. The average Bonchev–Trinajstić information content (AvgIpc) is 3.56. The van der Waals surface area contributed by atoms with E-state index in [-0.39, 0.29) is 0 Å². The lowest BCUT2D eigenvalue weighted by Gasteiger charge is -2.19. The highest BCUT2D eigenvalue weighted by Crippen LogP contribution is 2.46. The van der Waals surface area contributed by atoms with E-state index in [1.54, 1.807) is 0 Å². The van der Waals surface area contributed by atoms with Crippen LogP contribution in [-0.4, -0.2) is 9.38 Å². The van der Waals surface area contributed by atoms with Gasteiger partial charge in [-0.05, 0) is 95.0 Å². The molecule has 2 aromatic heterocycles. The van der Waals surface area contributed by atoms with E-state index in [0.717, 1.165) is 22.2 Å². The summed E-state index contributed by atoms with van der Waals surface area (Å²) in [7, 11) is 0. The Morgan fingerprint density at radius 2 is 0.959 bits per heavy atom. The van der Waals surface area contributed by atoms with Crippen LogP contribution < -0.4 is 0 Å². The van der Waals surface area contributed by atoms with Gasteiger partial charge in [-0.25, -0.2) is 4.98 Å². The monoisotopic (exact) mass is 620 g/mol. The first kappa shape index (κ1) is 26.5. The molecule has 11 aromatic rings. The molecule has 0 aliphatic carbocycles. The largest absolute Gasteiger partial charge is 0.292 e. The van der Waals surface area contributed by atoms with Gasteiger partial charge in [-0.15, -0.1) is 0 Å². The molecule has 0 radical (unpaired) electrons. The summed E-state index contributed by atoms with van der Waals surface area (Å²) in [5, 5.41) is 13.7. The van der Waals surface area contributed by atoms with Gasteiger partial charge in [0, 0.05) is 10.8 Å². The van der Waals surface area contributed by atoms with E-state index in [4.69, 9.17) is 4.98 Å². The van der Waals surface area contributed by atoms with Crippen LogP contribution in [0.25, 0.3) is 104 Å². The van der Waals surface area contributed by atoms with Gasteiger partial charge in [-0.2, -0.15) is 0 Å². The Hall–Kier alpha value is -6.51. The number of nitrogens with zero attached hydrogens (tertiary/aromatic N) is 2. The van der Waals surface area contributed by atoms with E-state index < -0.39 is 0 Å². The number of para-hydroxylation sites is 2. The molecule has 9 aromatic carbocycles. The van der Waals surface area contributed by atoms with E-state index in [2.05, 4.69) is 174 Å². The van der Waals surface area contributed by atoms with E-state index in [9.17, 15) is 0 Å². The Balaban J connectivity index is 1.30. The molecule has 0 aliphatic rings. The maximum absolute atomic E-state index is 5.23. The van der Waals surface area contributed by atoms with Gasteiger partial charge in [0.15, 0.2) is 0 Å². The van der Waals surface area contributed by atoms with Gasteiger partial charge in [0.2, 0.25) is 0 Å². The van der Waals surface area contributed by atoms with Crippen LogP contribution in [0.3, 0.4) is 0 Å². The minimum Gasteiger partial charge on any atom is -0.292 e. The van der Waals surface area contributed by atoms with Crippen molar-refractivity contribution in [3.63, 3.8) is 0 Å². The number of pyridine rings is 1. The van der Waals surface area contributed by atoms with Crippen molar-refractivity contribution in [2.75, 3.05) is 0 Å². The van der Waals surface area contributed by atoms with Gasteiger partial charge in [0.25, 0.3) is 0 Å². The summed E-state index contributed by atoms with van der Waals surface area (Å²) in [5.41, 5.74) is 9.33. The fourth-order valence-electron chi connectivity index (χ4n) is 8.45. The van der Waals surface area contributed by atoms with Crippen molar-refractivity contribution in [3.8, 4) is 22.3 Å². The van der Waals surface area contributed by atoms with Crippen molar-refractivity contribution < 1.29 is 0 Å². The lowest BCUT2D eigenvalue weighted by molar-refractivity contribution is 1.32. The first-order valence-electron chi connectivity index (χ1n) is 16.9. The standard InChI is InChI=1S/C47H28N2/c1-3-15-32-29(12-1)14-11-21-34(32)45-37-19-7-5-17-35(37)44(36-18-6-8-20-38(36)45)31-25-27-42-40(28-31)39-26-24-30-13-2-4-16-33(30)46(39)47-48-41-22-9-10-23-43(41)49(42)47/h1-28H. The van der Waals surface area contributed by atoms with E-state index in [1.807, 2.05) is 0 Å². The summed E-state index contributed by atoms with van der Waals surface area (Å²) < 4.78 is 2.36. The topological polar surface area (TPSA) is 17.3 Å². The highest BCUT2D eigenvalue weighted by atomic mass is 15.0. The SMILES string of the molecule is c1ccc2c(-c3c4ccccc4c(-c4ccc5c(c4)c4ccc6ccccc6c4c4nc6ccccc6n54)c4ccccc34)cccc2c1. The van der Waals surface area contributed by atoms with Crippen molar-refractivity contribution in [1.82, 2.24) is 9.38 Å². The van der Waals surface area contributed by atoms with Crippen LogP contribution in [-0.2, 0) is 0 Å². The van der Waals surface area contributed by atoms with Gasteiger partial charge < -0.3 is 0 Å². The number of aromatic nitrogens is 2. The molecule has 11 rings (SSSR count). The molecule has 0 saturated carbocycles. The van der Waals surface area contributed by atoms with Gasteiger partial charge in [0.05, 0.1) is 16.6 Å². The minimum atomic E-state index is 1.00. The molecule has 0 fully saturated rings. The Morgan fingerprint density at radius 1 is 0.367 bits per heavy atom. The smallest absolute Gasteiger partial charge is 0.147 e. The summed E-state index contributed by atoms with van der Waals surface area (Å²) >= 11 is 0. The van der Waals surface area contributed by atoms with Crippen molar-refractivity contribution in [1.29, 1.82) is 0 Å². The molecular weight excluding hydrogens is 593 g/mol. The number of rotatable bonds is 2. The second-order valence-electron chi connectivity index (χ2n) is 13.1. The second kappa shape index (κ2) is 10.00. The van der Waals surface area contributed by atoms with E-state index in [0.29, 0.717) is 0 Å². The summed E-state index contributed by atoms with van der Waals surface area (Å²) in [6, 6.07) is 62.1. The molecule has 0 atom stereocenters. The molecule has 0 unspecified atom stereocenters. The van der Waals surface area contributed by atoms with Crippen LogP contribution in [0, 0.1) is 0 Å². The summed E-state index contributed by atoms with van der Waals surface area (Å²) in [4.78, 5) is 5.23. The number of imidazole rings is 1. The van der Waals surface area contributed by atoms with Gasteiger partial charge in [-0.1, -0.05) is 146 Å². The minimum absolute atomic E-state index is 1.00. The molecule has 49 heavy (non-hydrogen) atoms. The number of fused-ring (bicyclic) bond motifs is 13. The number of benzene rings is 9. The van der Waals surface area contributed by atoms with Gasteiger partial charge in [0.1, 0.15) is 5.65 Å². The zero-order chi connectivity index (χ0) is 32.1. The molecule has 2 nitrogen and oxygen atoms in total. The maximum Gasteiger partial charge on any atom is 0.147 e. The molecule has 0 N–H and O–H groups in total. The van der Waals surface area contributed by atoms with E-state index in [1.165, 1.54) is 81.5 Å². The lowest BCUT2D eigenvalue weighted by atomic mass is 9.84. The first-order valence-corrected chi connectivity index (χ1v) is 16.9. The first-order chi connectivity index (χ1) is 24.3. The van der Waals surface area contributed by atoms with Crippen molar-refractivity contribution in [2.24, 2.45) is 0 Å². The van der Waals surface area contributed by atoms with Crippen molar-refractivity contribution in [2.45, 2.75) is 0 Å². The number of hydrogen-bond donors (Lipinski definition) is 0. The molecule has 0 amide bonds. The average molecular weight is 621 g/mol. The highest BCUT2D eigenvalue weighted by Gasteiger charge is 2.20. The predicted octanol–water partition coefficient (Wildman–Crippen LogP) is 12.7. The molecular formula is C47H28N2. The molecule has 0 saturated heterocycles. The molecule has 2 heterocycles. The highest BCUT2D eigenvalue weighted by molar-refractivity contribution is 6.26. The molecule has 0 bridgehead atoms. The number of hydrogen-bond acceptors (Lipinski definition) is 1. The van der Waals surface area contributed by atoms with Crippen LogP contribution in [0.15, 0.2) is 170 Å². The molecule has 0 aliphatic heterocycles. The Morgan fingerprint density at radius 3 is 1.71 bits per heavy atom. The Labute approximate surface area is 282 Å². The lowest BCUT2D eigenvalue weighted by Crippen LogP contribution is -1.94. The zero-order valence-electron chi connectivity index (χ0n) is 26.6. The molecule has 226 valence electrons. The van der Waals surface area contributed by atoms with Crippen molar-refractivity contribution >= 4 is 81.4 Å². The van der Waals surface area contributed by atoms with Gasteiger partial charge in [-0.3, -0.25) is 4.40 Å². The van der Waals surface area contributed by atoms with Crippen LogP contribution in [0.2, 0.25) is 0 Å². The van der Waals surface area contributed by atoms with Crippen LogP contribution in [0.4, 0.5) is 0 Å². The third-order valence-corrected chi connectivity index (χ3v) is 10.5. The zero-order valence-corrected chi connectivity index (χ0v) is 26.6. The van der Waals surface area contributed by atoms with Crippen molar-refractivity contribution in [3.05, 3.63) is 170 Å². The summed E-state index contributed by atoms with van der Waals surface area (Å²) in [6.45, 7) is 0. The summed E-state index contributed by atoms with van der Waals surface area (Å²) in [5.74, 6) is 0. The summed E-state index contributed by atoms with van der Waals surface area (Å²) in [6.07, 6.45) is 0. The van der Waals surface area contributed by atoms with Crippen LogP contribution >= 0.6 is 0 Å². The van der Waals surface area contributed by atoms with Crippen LogP contribution in [0.1, 0.15) is 0 Å². The molecule has 2 heteroatoms. The third kappa shape index (κ3) is 3.69. The fraction of sp³-hybridized carbons (Fsp3) is 0. The quantitative estimate of drug-likeness (QED) is 0.139. The normalized spacial score (nSPS) is 12.1. The van der Waals surface area contributed by atoms with E-state index >= 15 is 0 Å². The third-order valence-electron chi connectivity index (χ3n) is 10.5. The second-order valence-corrected chi connectivity index (χ2v) is 13.1. The Kier molecular flexibility index (Phi) is 5.42. The maximum atomic E-state index is 5.23. The molecule has 0 spiro atoms.